The molecule has 2 aromatic heterocycles. The molecule has 7 heteroatoms. The SMILES string of the molecule is Cc1cc(S(=O)(=O)c2ccc3sccc3c2)cc2c3c(oc12)CCNC3.Cl. The molecule has 1 N–H and O–H groups in total. The van der Waals surface area contributed by atoms with Gasteiger partial charge >= 0.3 is 0 Å². The van der Waals surface area contributed by atoms with Crippen molar-refractivity contribution in [3.8, 4) is 0 Å². The third-order valence-electron chi connectivity index (χ3n) is 5.01. The number of aryl methyl sites for hydroxylation is 1. The molecule has 1 aliphatic rings. The Morgan fingerprint density at radius 3 is 2.81 bits per heavy atom. The molecule has 1 aliphatic heterocycles. The largest absolute Gasteiger partial charge is 0.460 e. The molecule has 3 heterocycles. The Morgan fingerprint density at radius 2 is 1.96 bits per heavy atom. The van der Waals surface area contributed by atoms with Crippen molar-refractivity contribution in [2.75, 3.05) is 6.54 Å². The van der Waals surface area contributed by atoms with Crippen LogP contribution in [0.1, 0.15) is 16.9 Å². The van der Waals surface area contributed by atoms with Crippen molar-refractivity contribution in [1.82, 2.24) is 5.32 Å². The van der Waals surface area contributed by atoms with Crippen LogP contribution in [0.15, 0.2) is 56.0 Å². The molecule has 0 spiro atoms. The Bertz CT molecular complexity index is 1270. The van der Waals surface area contributed by atoms with Crippen LogP contribution in [0.25, 0.3) is 21.1 Å². The maximum atomic E-state index is 13.2. The van der Waals surface area contributed by atoms with Gasteiger partial charge in [-0.25, -0.2) is 8.42 Å². The minimum absolute atomic E-state index is 0. The first-order valence-corrected chi connectivity index (χ1v) is 10.9. The summed E-state index contributed by atoms with van der Waals surface area (Å²) in [6.07, 6.45) is 0.834. The summed E-state index contributed by atoms with van der Waals surface area (Å²) < 4.78 is 33.6. The van der Waals surface area contributed by atoms with E-state index in [1.54, 1.807) is 35.6 Å². The molecule has 0 saturated carbocycles. The van der Waals surface area contributed by atoms with E-state index in [-0.39, 0.29) is 12.4 Å². The highest BCUT2D eigenvalue weighted by atomic mass is 35.5. The molecule has 27 heavy (non-hydrogen) atoms. The molecule has 0 aliphatic carbocycles. The zero-order valence-corrected chi connectivity index (χ0v) is 17.1. The molecule has 0 fully saturated rings. The lowest BCUT2D eigenvalue weighted by Crippen LogP contribution is -2.22. The molecule has 0 amide bonds. The number of halogens is 1. The van der Waals surface area contributed by atoms with Crippen LogP contribution in [0.4, 0.5) is 0 Å². The molecule has 2 aromatic carbocycles. The Balaban J connectivity index is 0.00000180. The van der Waals surface area contributed by atoms with E-state index in [1.807, 2.05) is 24.4 Å². The maximum absolute atomic E-state index is 13.2. The van der Waals surface area contributed by atoms with Gasteiger partial charge in [0, 0.05) is 35.2 Å². The van der Waals surface area contributed by atoms with Gasteiger partial charge in [-0.3, -0.25) is 0 Å². The van der Waals surface area contributed by atoms with Crippen LogP contribution in [0.2, 0.25) is 0 Å². The van der Waals surface area contributed by atoms with E-state index < -0.39 is 9.84 Å². The van der Waals surface area contributed by atoms with Crippen molar-refractivity contribution in [3.63, 3.8) is 0 Å². The van der Waals surface area contributed by atoms with Crippen LogP contribution >= 0.6 is 23.7 Å². The highest BCUT2D eigenvalue weighted by Gasteiger charge is 2.24. The highest BCUT2D eigenvalue weighted by molar-refractivity contribution is 7.91. The Kier molecular flexibility index (Phi) is 4.55. The van der Waals surface area contributed by atoms with Crippen molar-refractivity contribution in [2.24, 2.45) is 0 Å². The van der Waals surface area contributed by atoms with Crippen molar-refractivity contribution in [1.29, 1.82) is 0 Å². The fraction of sp³-hybridized carbons (Fsp3) is 0.200. The molecule has 5 rings (SSSR count). The lowest BCUT2D eigenvalue weighted by atomic mass is 10.0. The second-order valence-corrected chi connectivity index (χ2v) is 9.57. The highest BCUT2D eigenvalue weighted by Crippen LogP contribution is 2.35. The summed E-state index contributed by atoms with van der Waals surface area (Å²) in [5, 5.41) is 7.17. The average Bonchev–Trinajstić information content (AvgIpc) is 3.25. The van der Waals surface area contributed by atoms with E-state index in [0.717, 1.165) is 50.9 Å². The fourth-order valence-electron chi connectivity index (χ4n) is 3.65. The molecular formula is C20H18ClNO3S2. The number of furan rings is 1. The summed E-state index contributed by atoms with van der Waals surface area (Å²) in [6.45, 7) is 3.51. The van der Waals surface area contributed by atoms with Crippen molar-refractivity contribution in [3.05, 3.63) is 58.7 Å². The van der Waals surface area contributed by atoms with Crippen LogP contribution in [0.3, 0.4) is 0 Å². The number of sulfone groups is 1. The summed E-state index contributed by atoms with van der Waals surface area (Å²) in [7, 11) is -3.58. The third kappa shape index (κ3) is 2.88. The van der Waals surface area contributed by atoms with Gasteiger partial charge in [0.15, 0.2) is 0 Å². The standard InChI is InChI=1S/C20H17NO3S2.ClH/c1-12-8-15(10-16-17-11-21-6-4-18(17)24-20(12)16)26(22,23)14-2-3-19-13(9-14)5-7-25-19;/h2-3,5,7-10,21H,4,6,11H2,1H3;1H. The second kappa shape index (κ2) is 6.63. The van der Waals surface area contributed by atoms with Crippen LogP contribution in [-0.2, 0) is 22.8 Å². The van der Waals surface area contributed by atoms with Crippen LogP contribution in [-0.4, -0.2) is 15.0 Å². The van der Waals surface area contributed by atoms with Crippen LogP contribution < -0.4 is 5.32 Å². The molecule has 140 valence electrons. The van der Waals surface area contributed by atoms with E-state index in [2.05, 4.69) is 5.32 Å². The first-order valence-electron chi connectivity index (χ1n) is 8.52. The first kappa shape index (κ1) is 18.5. The van der Waals surface area contributed by atoms with Crippen LogP contribution in [0, 0.1) is 6.92 Å². The van der Waals surface area contributed by atoms with E-state index >= 15 is 0 Å². The van der Waals surface area contributed by atoms with E-state index in [0.29, 0.717) is 16.3 Å². The molecule has 0 bridgehead atoms. The summed E-state index contributed by atoms with van der Waals surface area (Å²) in [4.78, 5) is 0.656. The van der Waals surface area contributed by atoms with Crippen molar-refractivity contribution in [2.45, 2.75) is 29.7 Å². The zero-order chi connectivity index (χ0) is 17.9. The molecular weight excluding hydrogens is 402 g/mol. The molecule has 4 nitrogen and oxygen atoms in total. The normalized spacial score (nSPS) is 14.3. The van der Waals surface area contributed by atoms with Crippen LogP contribution in [0.5, 0.6) is 0 Å². The third-order valence-corrected chi connectivity index (χ3v) is 7.64. The number of hydrogen-bond acceptors (Lipinski definition) is 5. The predicted molar refractivity (Wildman–Crippen MR) is 111 cm³/mol. The van der Waals surface area contributed by atoms with Gasteiger partial charge in [0.05, 0.1) is 9.79 Å². The monoisotopic (exact) mass is 419 g/mol. The number of rotatable bonds is 2. The first-order chi connectivity index (χ1) is 12.5. The van der Waals surface area contributed by atoms with E-state index in [9.17, 15) is 8.42 Å². The molecule has 4 aromatic rings. The fourth-order valence-corrected chi connectivity index (χ4v) is 5.83. The summed E-state index contributed by atoms with van der Waals surface area (Å²) in [6, 6.07) is 10.8. The van der Waals surface area contributed by atoms with E-state index in [4.69, 9.17) is 4.42 Å². The minimum atomic E-state index is -3.58. The summed E-state index contributed by atoms with van der Waals surface area (Å²) in [5.74, 6) is 0.969. The summed E-state index contributed by atoms with van der Waals surface area (Å²) in [5.41, 5.74) is 2.73. The van der Waals surface area contributed by atoms with Gasteiger partial charge in [-0.2, -0.15) is 0 Å². The number of benzene rings is 2. The van der Waals surface area contributed by atoms with Gasteiger partial charge in [0.25, 0.3) is 0 Å². The van der Waals surface area contributed by atoms with Gasteiger partial charge in [-0.1, -0.05) is 0 Å². The molecule has 0 atom stereocenters. The Hall–Kier alpha value is -1.86. The smallest absolute Gasteiger partial charge is 0.206 e. The van der Waals surface area contributed by atoms with Gasteiger partial charge in [-0.15, -0.1) is 23.7 Å². The lowest BCUT2D eigenvalue weighted by Gasteiger charge is -2.11. The molecule has 0 saturated heterocycles. The van der Waals surface area contributed by atoms with Gasteiger partial charge in [0.1, 0.15) is 11.3 Å². The van der Waals surface area contributed by atoms with Gasteiger partial charge in [0.2, 0.25) is 9.84 Å². The lowest BCUT2D eigenvalue weighted by molar-refractivity contribution is 0.499. The Morgan fingerprint density at radius 1 is 1.11 bits per heavy atom. The van der Waals surface area contributed by atoms with Crippen molar-refractivity contribution < 1.29 is 12.8 Å². The van der Waals surface area contributed by atoms with Gasteiger partial charge < -0.3 is 9.73 Å². The maximum Gasteiger partial charge on any atom is 0.206 e. The quantitative estimate of drug-likeness (QED) is 0.504. The number of hydrogen-bond donors (Lipinski definition) is 1. The Labute approximate surface area is 167 Å². The topological polar surface area (TPSA) is 59.3 Å². The average molecular weight is 420 g/mol. The molecule has 0 radical (unpaired) electrons. The predicted octanol–water partition coefficient (Wildman–Crippen LogP) is 4.86. The van der Waals surface area contributed by atoms with E-state index in [1.165, 1.54) is 0 Å². The zero-order valence-electron chi connectivity index (χ0n) is 14.6. The number of fused-ring (bicyclic) bond motifs is 4. The second-order valence-electron chi connectivity index (χ2n) is 6.67. The van der Waals surface area contributed by atoms with Gasteiger partial charge in [-0.05, 0) is 59.7 Å². The summed E-state index contributed by atoms with van der Waals surface area (Å²) >= 11 is 1.61. The molecule has 0 unspecified atom stereocenters. The van der Waals surface area contributed by atoms with Crippen molar-refractivity contribution >= 4 is 54.6 Å². The minimum Gasteiger partial charge on any atom is -0.460 e. The number of thiophene rings is 1. The number of nitrogens with one attached hydrogen (secondary N) is 1.